The van der Waals surface area contributed by atoms with Crippen molar-refractivity contribution >= 4 is 5.91 Å². The summed E-state index contributed by atoms with van der Waals surface area (Å²) in [6.07, 6.45) is 0. The molecule has 75 valence electrons. The van der Waals surface area contributed by atoms with E-state index in [0.717, 1.165) is 0 Å². The van der Waals surface area contributed by atoms with Crippen LogP contribution in [0.4, 0.5) is 0 Å². The zero-order chi connectivity index (χ0) is 10.7. The molecule has 0 aliphatic carbocycles. The van der Waals surface area contributed by atoms with Crippen LogP contribution in [0.15, 0.2) is 18.2 Å². The molecule has 1 radical (unpaired) electrons. The predicted molar refractivity (Wildman–Crippen MR) is 49.7 cm³/mol. The highest BCUT2D eigenvalue weighted by Crippen LogP contribution is 2.28. The van der Waals surface area contributed by atoms with E-state index in [-0.39, 0.29) is 11.5 Å². The van der Waals surface area contributed by atoms with E-state index >= 15 is 0 Å². The molecule has 5 nitrogen and oxygen atoms in total. The minimum absolute atomic E-state index is 0.0270. The molecule has 0 aliphatic heterocycles. The number of ether oxygens (including phenoxy) is 1. The zero-order valence-electron chi connectivity index (χ0n) is 7.65. The molecule has 0 aliphatic rings. The second kappa shape index (κ2) is 3.97. The lowest BCUT2D eigenvalue weighted by Crippen LogP contribution is -2.21. The number of hydrogen-bond donors (Lipinski definition) is 2. The number of methoxy groups -OCH3 is 1. The van der Waals surface area contributed by atoms with Gasteiger partial charge in [-0.25, -0.2) is 0 Å². The molecular formula is C9H11N2O3. The molecule has 0 aromatic heterocycles. The third kappa shape index (κ3) is 1.94. The first-order valence-electron chi connectivity index (χ1n) is 3.94. The SMILES string of the molecule is COc1cc(C(N)C([NH])=O)ccc1O. The highest BCUT2D eigenvalue weighted by molar-refractivity contribution is 5.80. The van der Waals surface area contributed by atoms with Crippen LogP contribution in [0.25, 0.3) is 0 Å². The second-order valence-electron chi connectivity index (χ2n) is 2.77. The molecule has 4 N–H and O–H groups in total. The molecule has 1 aromatic rings. The van der Waals surface area contributed by atoms with Gasteiger partial charge in [0.2, 0.25) is 0 Å². The van der Waals surface area contributed by atoms with Crippen molar-refractivity contribution in [1.82, 2.24) is 5.73 Å². The molecule has 1 atom stereocenters. The van der Waals surface area contributed by atoms with Crippen LogP contribution < -0.4 is 16.2 Å². The second-order valence-corrected chi connectivity index (χ2v) is 2.77. The van der Waals surface area contributed by atoms with Gasteiger partial charge in [-0.1, -0.05) is 6.07 Å². The molecule has 0 heterocycles. The molecule has 0 saturated heterocycles. The summed E-state index contributed by atoms with van der Waals surface area (Å²) in [5, 5.41) is 9.26. The van der Waals surface area contributed by atoms with Crippen molar-refractivity contribution in [3.8, 4) is 11.5 Å². The highest BCUT2D eigenvalue weighted by Gasteiger charge is 2.14. The fourth-order valence-electron chi connectivity index (χ4n) is 1.04. The van der Waals surface area contributed by atoms with E-state index in [1.54, 1.807) is 0 Å². The summed E-state index contributed by atoms with van der Waals surface area (Å²) < 4.78 is 4.84. The summed E-state index contributed by atoms with van der Waals surface area (Å²) in [5.74, 6) is -0.669. The Bertz CT molecular complexity index is 352. The number of nitrogens with two attached hydrogens (primary N) is 1. The number of amides is 1. The van der Waals surface area contributed by atoms with Crippen molar-refractivity contribution in [2.75, 3.05) is 7.11 Å². The van der Waals surface area contributed by atoms with E-state index in [2.05, 4.69) is 0 Å². The Morgan fingerprint density at radius 1 is 1.64 bits per heavy atom. The molecule has 14 heavy (non-hydrogen) atoms. The molecule has 1 rings (SSSR count). The summed E-state index contributed by atoms with van der Waals surface area (Å²) in [6.45, 7) is 0. The average Bonchev–Trinajstić information content (AvgIpc) is 2.17. The maximum absolute atomic E-state index is 10.7. The van der Waals surface area contributed by atoms with Gasteiger partial charge in [-0.2, -0.15) is 0 Å². The monoisotopic (exact) mass is 195 g/mol. The van der Waals surface area contributed by atoms with Gasteiger partial charge >= 0.3 is 0 Å². The first-order chi connectivity index (χ1) is 6.56. The first kappa shape index (κ1) is 10.3. The Labute approximate surface area is 81.3 Å². The van der Waals surface area contributed by atoms with Gasteiger partial charge in [-0.3, -0.25) is 10.5 Å². The summed E-state index contributed by atoms with van der Waals surface area (Å²) in [6, 6.07) is 3.29. The van der Waals surface area contributed by atoms with E-state index in [9.17, 15) is 9.90 Å². The normalized spacial score (nSPS) is 12.1. The van der Waals surface area contributed by atoms with E-state index in [0.29, 0.717) is 5.56 Å². The lowest BCUT2D eigenvalue weighted by atomic mass is 10.1. The third-order valence-electron chi connectivity index (χ3n) is 1.85. The van der Waals surface area contributed by atoms with Gasteiger partial charge in [-0.15, -0.1) is 0 Å². The first-order valence-corrected chi connectivity index (χ1v) is 3.94. The maximum Gasteiger partial charge on any atom is 0.259 e. The lowest BCUT2D eigenvalue weighted by molar-refractivity contribution is -0.120. The average molecular weight is 195 g/mol. The van der Waals surface area contributed by atoms with E-state index in [1.807, 2.05) is 0 Å². The van der Waals surface area contributed by atoms with Crippen molar-refractivity contribution in [2.45, 2.75) is 6.04 Å². The number of phenolic OH excluding ortho intramolecular Hbond substituents is 1. The number of phenols is 1. The van der Waals surface area contributed by atoms with Crippen LogP contribution in [-0.2, 0) is 4.79 Å². The van der Waals surface area contributed by atoms with Crippen LogP contribution in [-0.4, -0.2) is 18.1 Å². The number of hydrogen-bond acceptors (Lipinski definition) is 4. The molecule has 5 heteroatoms. The fourth-order valence-corrected chi connectivity index (χ4v) is 1.04. The van der Waals surface area contributed by atoms with Crippen LogP contribution in [0.3, 0.4) is 0 Å². The van der Waals surface area contributed by atoms with Gasteiger partial charge in [0.1, 0.15) is 6.04 Å². The number of nitrogens with one attached hydrogen (secondary N) is 1. The molecule has 1 amide bonds. The molecule has 0 bridgehead atoms. The number of carbonyl (C=O) groups is 1. The largest absolute Gasteiger partial charge is 0.504 e. The van der Waals surface area contributed by atoms with Gasteiger partial charge in [0.05, 0.1) is 7.11 Å². The van der Waals surface area contributed by atoms with Gasteiger partial charge in [0, 0.05) is 0 Å². The Morgan fingerprint density at radius 3 is 2.79 bits per heavy atom. The van der Waals surface area contributed by atoms with Crippen molar-refractivity contribution in [3.63, 3.8) is 0 Å². The minimum Gasteiger partial charge on any atom is -0.504 e. The van der Waals surface area contributed by atoms with Crippen LogP contribution in [0, 0.1) is 0 Å². The Morgan fingerprint density at radius 2 is 2.29 bits per heavy atom. The van der Waals surface area contributed by atoms with Gasteiger partial charge in [-0.05, 0) is 17.7 Å². The highest BCUT2D eigenvalue weighted by atomic mass is 16.5. The molecule has 0 saturated carbocycles. The summed E-state index contributed by atoms with van der Waals surface area (Å²) in [4.78, 5) is 10.7. The Balaban J connectivity index is 3.06. The predicted octanol–water partition coefficient (Wildman–Crippen LogP) is 0.210. The summed E-state index contributed by atoms with van der Waals surface area (Å²) in [5.41, 5.74) is 12.7. The van der Waals surface area contributed by atoms with Crippen molar-refractivity contribution in [1.29, 1.82) is 0 Å². The van der Waals surface area contributed by atoms with E-state index < -0.39 is 11.9 Å². The summed E-state index contributed by atoms with van der Waals surface area (Å²) in [7, 11) is 1.40. The number of rotatable bonds is 3. The van der Waals surface area contributed by atoms with Crippen LogP contribution >= 0.6 is 0 Å². The minimum atomic E-state index is -0.996. The number of aromatic hydroxyl groups is 1. The Hall–Kier alpha value is -1.75. The molecular weight excluding hydrogens is 184 g/mol. The van der Waals surface area contributed by atoms with Crippen molar-refractivity contribution in [3.05, 3.63) is 23.8 Å². The van der Waals surface area contributed by atoms with Gasteiger partial charge in [0.15, 0.2) is 11.5 Å². The fraction of sp³-hybridized carbons (Fsp3) is 0.222. The number of benzene rings is 1. The van der Waals surface area contributed by atoms with Crippen molar-refractivity contribution < 1.29 is 14.6 Å². The zero-order valence-corrected chi connectivity index (χ0v) is 7.65. The van der Waals surface area contributed by atoms with E-state index in [4.69, 9.17) is 16.2 Å². The van der Waals surface area contributed by atoms with Crippen molar-refractivity contribution in [2.24, 2.45) is 5.73 Å². The van der Waals surface area contributed by atoms with Crippen LogP contribution in [0.2, 0.25) is 0 Å². The van der Waals surface area contributed by atoms with Gasteiger partial charge < -0.3 is 15.6 Å². The van der Waals surface area contributed by atoms with E-state index in [1.165, 1.54) is 25.3 Å². The molecule has 1 unspecified atom stereocenters. The summed E-state index contributed by atoms with van der Waals surface area (Å²) >= 11 is 0. The standard InChI is InChI=1S/C9H11N2O3/c1-14-7-4-5(2-3-6(7)12)8(10)9(11)13/h2-4,8,11-12H,10H2,1H3. The molecule has 0 spiro atoms. The third-order valence-corrected chi connectivity index (χ3v) is 1.85. The van der Waals surface area contributed by atoms with Crippen LogP contribution in [0.1, 0.15) is 11.6 Å². The topological polar surface area (TPSA) is 96.4 Å². The molecule has 0 fully saturated rings. The quantitative estimate of drug-likeness (QED) is 0.720. The van der Waals surface area contributed by atoms with Crippen LogP contribution in [0.5, 0.6) is 11.5 Å². The maximum atomic E-state index is 10.7. The molecule has 1 aromatic carbocycles. The smallest absolute Gasteiger partial charge is 0.259 e. The number of carbonyl (C=O) groups excluding carboxylic acids is 1. The van der Waals surface area contributed by atoms with Gasteiger partial charge in [0.25, 0.3) is 5.91 Å². The Kier molecular flexibility index (Phi) is 2.93. The lowest BCUT2D eigenvalue weighted by Gasteiger charge is -2.09.